The molecule has 0 N–H and O–H groups in total. The van der Waals surface area contributed by atoms with E-state index in [4.69, 9.17) is 0 Å². The Morgan fingerprint density at radius 1 is 1.20 bits per heavy atom. The van der Waals surface area contributed by atoms with Crippen LogP contribution in [0.25, 0.3) is 0 Å². The number of hydrogen-bond acceptors (Lipinski definition) is 4. The number of carbonyl (C=O) groups excluding carboxylic acids is 2. The lowest BCUT2D eigenvalue weighted by Gasteiger charge is -2.30. The van der Waals surface area contributed by atoms with E-state index in [1.54, 1.807) is 4.90 Å². The first-order valence-corrected chi connectivity index (χ1v) is 9.26. The SMILES string of the molecule is CS(=O)(=O)CCN1C(=O)[C@@H]2C[C@H]3CCCC[C@@H]3N2C1=O. The minimum atomic E-state index is -3.17. The van der Waals surface area contributed by atoms with E-state index < -0.39 is 9.84 Å². The van der Waals surface area contributed by atoms with Crippen molar-refractivity contribution in [3.8, 4) is 0 Å². The third kappa shape index (κ3) is 2.21. The molecule has 0 radical (unpaired) electrons. The Morgan fingerprint density at radius 2 is 1.90 bits per heavy atom. The molecule has 3 atom stereocenters. The van der Waals surface area contributed by atoms with Gasteiger partial charge in [-0.15, -0.1) is 0 Å². The van der Waals surface area contributed by atoms with Crippen molar-refractivity contribution in [1.82, 2.24) is 9.80 Å². The van der Waals surface area contributed by atoms with E-state index in [0.29, 0.717) is 5.92 Å². The molecule has 3 rings (SSSR count). The van der Waals surface area contributed by atoms with E-state index in [2.05, 4.69) is 0 Å². The monoisotopic (exact) mass is 300 g/mol. The minimum absolute atomic E-state index is 0.0130. The number of carbonyl (C=O) groups is 2. The maximum Gasteiger partial charge on any atom is 0.327 e. The molecule has 3 amide bonds. The molecule has 3 fully saturated rings. The van der Waals surface area contributed by atoms with Crippen LogP contribution in [0.1, 0.15) is 32.1 Å². The van der Waals surface area contributed by atoms with Gasteiger partial charge in [0.25, 0.3) is 5.91 Å². The first-order valence-electron chi connectivity index (χ1n) is 7.20. The summed E-state index contributed by atoms with van der Waals surface area (Å²) in [5.74, 6) is 0.103. The van der Waals surface area contributed by atoms with E-state index in [-0.39, 0.29) is 36.3 Å². The Kier molecular flexibility index (Phi) is 3.27. The fourth-order valence-electron chi connectivity index (χ4n) is 3.83. The standard InChI is InChI=1S/C13H20N2O4S/c1-20(18,19)7-6-14-12(16)11-8-9-4-2-3-5-10(9)15(11)13(14)17/h9-11H,2-8H2,1H3/t9-,10+,11+/m1/s1. The van der Waals surface area contributed by atoms with Crippen LogP contribution < -0.4 is 0 Å². The minimum Gasteiger partial charge on any atom is -0.309 e. The van der Waals surface area contributed by atoms with Gasteiger partial charge in [0.15, 0.2) is 0 Å². The Hall–Kier alpha value is -1.11. The summed E-state index contributed by atoms with van der Waals surface area (Å²) in [5.41, 5.74) is 0. The number of imide groups is 1. The van der Waals surface area contributed by atoms with Gasteiger partial charge in [-0.05, 0) is 25.2 Å². The molecule has 3 aliphatic rings. The number of rotatable bonds is 3. The van der Waals surface area contributed by atoms with E-state index in [0.717, 1.165) is 36.8 Å². The van der Waals surface area contributed by atoms with Gasteiger partial charge in [0.05, 0.1) is 5.75 Å². The van der Waals surface area contributed by atoms with Crippen molar-refractivity contribution in [2.24, 2.45) is 5.92 Å². The maximum atomic E-state index is 12.4. The van der Waals surface area contributed by atoms with Gasteiger partial charge >= 0.3 is 6.03 Å². The molecule has 0 spiro atoms. The predicted octanol–water partition coefficient (Wildman–Crippen LogP) is 0.626. The highest BCUT2D eigenvalue weighted by Crippen LogP contribution is 2.43. The molecule has 1 aliphatic carbocycles. The number of hydrogen-bond donors (Lipinski definition) is 0. The zero-order valence-corrected chi connectivity index (χ0v) is 12.4. The number of urea groups is 1. The summed E-state index contributed by atoms with van der Waals surface area (Å²) in [7, 11) is -3.17. The Balaban J connectivity index is 1.76. The van der Waals surface area contributed by atoms with Crippen molar-refractivity contribution in [2.45, 2.75) is 44.2 Å². The van der Waals surface area contributed by atoms with Gasteiger partial charge in [-0.2, -0.15) is 0 Å². The van der Waals surface area contributed by atoms with Crippen molar-refractivity contribution in [3.05, 3.63) is 0 Å². The van der Waals surface area contributed by atoms with Crippen LogP contribution in [0.5, 0.6) is 0 Å². The fourth-order valence-corrected chi connectivity index (χ4v) is 4.35. The lowest BCUT2D eigenvalue weighted by atomic mass is 9.84. The Labute approximate surface area is 119 Å². The summed E-state index contributed by atoms with van der Waals surface area (Å²) in [6.45, 7) is -0.0130. The molecule has 0 unspecified atom stereocenters. The normalized spacial score (nSPS) is 33.5. The molecule has 112 valence electrons. The molecular weight excluding hydrogens is 280 g/mol. The molecule has 2 saturated heterocycles. The average Bonchev–Trinajstić information content (AvgIpc) is 2.85. The van der Waals surface area contributed by atoms with E-state index in [9.17, 15) is 18.0 Å². The average molecular weight is 300 g/mol. The first kappa shape index (κ1) is 13.9. The fraction of sp³-hybridized carbons (Fsp3) is 0.846. The number of nitrogens with zero attached hydrogens (tertiary/aromatic N) is 2. The van der Waals surface area contributed by atoms with Crippen molar-refractivity contribution < 1.29 is 18.0 Å². The highest BCUT2D eigenvalue weighted by molar-refractivity contribution is 7.90. The van der Waals surface area contributed by atoms with Crippen LogP contribution in [0, 0.1) is 5.92 Å². The quantitative estimate of drug-likeness (QED) is 0.716. The maximum absolute atomic E-state index is 12.4. The van der Waals surface area contributed by atoms with E-state index >= 15 is 0 Å². The zero-order chi connectivity index (χ0) is 14.5. The lowest BCUT2D eigenvalue weighted by Crippen LogP contribution is -2.42. The third-order valence-electron chi connectivity index (χ3n) is 4.78. The predicted molar refractivity (Wildman–Crippen MR) is 72.8 cm³/mol. The smallest absolute Gasteiger partial charge is 0.309 e. The van der Waals surface area contributed by atoms with Gasteiger partial charge in [0.2, 0.25) is 0 Å². The molecule has 7 heteroatoms. The van der Waals surface area contributed by atoms with Crippen LogP contribution in [0.4, 0.5) is 4.79 Å². The molecule has 2 aliphatic heterocycles. The molecule has 0 bridgehead atoms. The molecule has 2 heterocycles. The first-order chi connectivity index (χ1) is 9.38. The number of fused-ring (bicyclic) bond motifs is 3. The van der Waals surface area contributed by atoms with Crippen molar-refractivity contribution >= 4 is 21.8 Å². The Morgan fingerprint density at radius 3 is 2.60 bits per heavy atom. The third-order valence-corrected chi connectivity index (χ3v) is 5.70. The van der Waals surface area contributed by atoms with Crippen LogP contribution in [-0.2, 0) is 14.6 Å². The van der Waals surface area contributed by atoms with Crippen LogP contribution >= 0.6 is 0 Å². The largest absolute Gasteiger partial charge is 0.327 e. The topological polar surface area (TPSA) is 74.8 Å². The number of sulfone groups is 1. The lowest BCUT2D eigenvalue weighted by molar-refractivity contribution is -0.127. The summed E-state index contributed by atoms with van der Waals surface area (Å²) in [6.07, 6.45) is 6.24. The molecule has 6 nitrogen and oxygen atoms in total. The van der Waals surface area contributed by atoms with Crippen molar-refractivity contribution in [3.63, 3.8) is 0 Å². The van der Waals surface area contributed by atoms with Gasteiger partial charge in [0, 0.05) is 18.8 Å². The second-order valence-electron chi connectivity index (χ2n) is 6.17. The second-order valence-corrected chi connectivity index (χ2v) is 8.43. The van der Waals surface area contributed by atoms with Gasteiger partial charge in [-0.25, -0.2) is 13.2 Å². The highest BCUT2D eigenvalue weighted by atomic mass is 32.2. The van der Waals surface area contributed by atoms with Crippen LogP contribution in [-0.4, -0.2) is 60.8 Å². The summed E-state index contributed by atoms with van der Waals surface area (Å²) in [4.78, 5) is 27.6. The van der Waals surface area contributed by atoms with Crippen molar-refractivity contribution in [2.75, 3.05) is 18.6 Å². The Bertz CT molecular complexity index is 545. The molecule has 0 aromatic heterocycles. The molecule has 0 aromatic carbocycles. The van der Waals surface area contributed by atoms with E-state index in [1.807, 2.05) is 0 Å². The highest BCUT2D eigenvalue weighted by Gasteiger charge is 2.55. The molecule has 1 saturated carbocycles. The summed E-state index contributed by atoms with van der Waals surface area (Å²) >= 11 is 0. The van der Waals surface area contributed by atoms with Gasteiger partial charge in [-0.1, -0.05) is 12.8 Å². The van der Waals surface area contributed by atoms with Gasteiger partial charge in [-0.3, -0.25) is 9.69 Å². The molecule has 0 aromatic rings. The molecular formula is C13H20N2O4S. The summed E-state index contributed by atoms with van der Waals surface area (Å²) in [6, 6.07) is -0.429. The van der Waals surface area contributed by atoms with Gasteiger partial charge < -0.3 is 4.90 Å². The van der Waals surface area contributed by atoms with E-state index in [1.165, 1.54) is 6.42 Å². The zero-order valence-electron chi connectivity index (χ0n) is 11.6. The van der Waals surface area contributed by atoms with Crippen molar-refractivity contribution in [1.29, 1.82) is 0 Å². The summed E-state index contributed by atoms with van der Waals surface area (Å²) in [5, 5.41) is 0. The van der Waals surface area contributed by atoms with Crippen LogP contribution in [0.15, 0.2) is 0 Å². The summed E-state index contributed by atoms with van der Waals surface area (Å²) < 4.78 is 22.4. The second kappa shape index (κ2) is 4.72. The molecule has 20 heavy (non-hydrogen) atoms. The van der Waals surface area contributed by atoms with Gasteiger partial charge in [0.1, 0.15) is 15.9 Å². The van der Waals surface area contributed by atoms with Crippen LogP contribution in [0.2, 0.25) is 0 Å². The van der Waals surface area contributed by atoms with Crippen LogP contribution in [0.3, 0.4) is 0 Å². The number of amides is 3.